The summed E-state index contributed by atoms with van der Waals surface area (Å²) in [6.45, 7) is 0. The van der Waals surface area contributed by atoms with Crippen molar-refractivity contribution >= 4 is 17.7 Å². The van der Waals surface area contributed by atoms with Gasteiger partial charge in [-0.25, -0.2) is 0 Å². The third kappa shape index (κ3) is 3.25. The smallest absolute Gasteiger partial charge is 0.248 e. The molecule has 0 fully saturated rings. The van der Waals surface area contributed by atoms with Crippen LogP contribution in [-0.2, 0) is 4.79 Å². The van der Waals surface area contributed by atoms with E-state index in [-0.39, 0.29) is 5.91 Å². The molecule has 18 heavy (non-hydrogen) atoms. The van der Waals surface area contributed by atoms with E-state index in [9.17, 15) is 4.79 Å². The normalized spacial score (nSPS) is 10.5. The SMILES string of the molecule is COc1ccc(NC(=O)/C=C/c2ccco2)cc1. The summed E-state index contributed by atoms with van der Waals surface area (Å²) < 4.78 is 10.1. The molecule has 1 aromatic heterocycles. The maximum atomic E-state index is 11.6. The van der Waals surface area contributed by atoms with Gasteiger partial charge in [-0.1, -0.05) is 0 Å². The molecule has 0 spiro atoms. The van der Waals surface area contributed by atoms with Gasteiger partial charge in [0.2, 0.25) is 5.91 Å². The first kappa shape index (κ1) is 12.0. The number of hydrogen-bond acceptors (Lipinski definition) is 3. The third-order valence-electron chi connectivity index (χ3n) is 2.30. The Kier molecular flexibility index (Phi) is 3.81. The molecule has 4 heteroatoms. The molecule has 0 saturated carbocycles. The molecule has 0 unspecified atom stereocenters. The molecule has 0 aliphatic carbocycles. The molecule has 0 radical (unpaired) electrons. The van der Waals surface area contributed by atoms with E-state index in [1.807, 2.05) is 0 Å². The van der Waals surface area contributed by atoms with Gasteiger partial charge in [0, 0.05) is 11.8 Å². The summed E-state index contributed by atoms with van der Waals surface area (Å²) in [6.07, 6.45) is 4.59. The number of nitrogens with one attached hydrogen (secondary N) is 1. The highest BCUT2D eigenvalue weighted by Crippen LogP contribution is 2.15. The predicted molar refractivity (Wildman–Crippen MR) is 69.4 cm³/mol. The third-order valence-corrected chi connectivity index (χ3v) is 2.30. The second kappa shape index (κ2) is 5.72. The van der Waals surface area contributed by atoms with E-state index in [1.54, 1.807) is 55.8 Å². The van der Waals surface area contributed by atoms with Crippen molar-refractivity contribution in [1.29, 1.82) is 0 Å². The fourth-order valence-corrected chi connectivity index (χ4v) is 1.40. The largest absolute Gasteiger partial charge is 0.497 e. The van der Waals surface area contributed by atoms with Crippen LogP contribution in [0.3, 0.4) is 0 Å². The molecule has 0 saturated heterocycles. The molecule has 4 nitrogen and oxygen atoms in total. The Labute approximate surface area is 105 Å². The van der Waals surface area contributed by atoms with Crippen molar-refractivity contribution in [2.75, 3.05) is 12.4 Å². The number of benzene rings is 1. The van der Waals surface area contributed by atoms with Gasteiger partial charge in [0.25, 0.3) is 0 Å². The van der Waals surface area contributed by atoms with Crippen LogP contribution >= 0.6 is 0 Å². The van der Waals surface area contributed by atoms with E-state index in [0.717, 1.165) is 5.75 Å². The molecule has 2 aromatic rings. The fraction of sp³-hybridized carbons (Fsp3) is 0.0714. The minimum atomic E-state index is -0.212. The molecule has 1 heterocycles. The molecule has 92 valence electrons. The standard InChI is InChI=1S/C14H13NO3/c1-17-12-6-4-11(5-7-12)15-14(16)9-8-13-3-2-10-18-13/h2-10H,1H3,(H,15,16)/b9-8+. The van der Waals surface area contributed by atoms with Gasteiger partial charge in [0.15, 0.2) is 0 Å². The number of carbonyl (C=O) groups is 1. The molecular weight excluding hydrogens is 230 g/mol. The highest BCUT2D eigenvalue weighted by Gasteiger charge is 1.98. The van der Waals surface area contributed by atoms with E-state index < -0.39 is 0 Å². The summed E-state index contributed by atoms with van der Waals surface area (Å²) in [5.41, 5.74) is 0.713. The number of rotatable bonds is 4. The lowest BCUT2D eigenvalue weighted by Crippen LogP contribution is -2.07. The van der Waals surface area contributed by atoms with Gasteiger partial charge in [-0.05, 0) is 42.5 Å². The Hall–Kier alpha value is -2.49. The van der Waals surface area contributed by atoms with Crippen molar-refractivity contribution < 1.29 is 13.9 Å². The van der Waals surface area contributed by atoms with Crippen molar-refractivity contribution in [3.05, 3.63) is 54.5 Å². The summed E-state index contributed by atoms with van der Waals surface area (Å²) in [5.74, 6) is 1.18. The number of methoxy groups -OCH3 is 1. The monoisotopic (exact) mass is 243 g/mol. The number of carbonyl (C=O) groups excluding carboxylic acids is 1. The Morgan fingerprint density at radius 2 is 2.06 bits per heavy atom. The minimum Gasteiger partial charge on any atom is -0.497 e. The van der Waals surface area contributed by atoms with Gasteiger partial charge < -0.3 is 14.5 Å². The van der Waals surface area contributed by atoms with Crippen molar-refractivity contribution in [1.82, 2.24) is 0 Å². The highest BCUT2D eigenvalue weighted by atomic mass is 16.5. The lowest BCUT2D eigenvalue weighted by molar-refractivity contribution is -0.111. The lowest BCUT2D eigenvalue weighted by atomic mass is 10.3. The quantitative estimate of drug-likeness (QED) is 0.840. The second-order valence-electron chi connectivity index (χ2n) is 3.57. The summed E-state index contributed by atoms with van der Waals surface area (Å²) in [7, 11) is 1.60. The summed E-state index contributed by atoms with van der Waals surface area (Å²) >= 11 is 0. The van der Waals surface area contributed by atoms with Gasteiger partial charge in [-0.15, -0.1) is 0 Å². The minimum absolute atomic E-state index is 0.212. The van der Waals surface area contributed by atoms with Crippen LogP contribution in [0.1, 0.15) is 5.76 Å². The van der Waals surface area contributed by atoms with Crippen LogP contribution < -0.4 is 10.1 Å². The van der Waals surface area contributed by atoms with Crippen LogP contribution in [0.15, 0.2) is 53.2 Å². The number of amides is 1. The number of hydrogen-bond donors (Lipinski definition) is 1. The van der Waals surface area contributed by atoms with Gasteiger partial charge in [0.1, 0.15) is 11.5 Å². The molecule has 0 aliphatic heterocycles. The van der Waals surface area contributed by atoms with E-state index in [1.165, 1.54) is 6.08 Å². The van der Waals surface area contributed by atoms with Crippen LogP contribution in [0.25, 0.3) is 6.08 Å². The Balaban J connectivity index is 1.94. The predicted octanol–water partition coefficient (Wildman–Crippen LogP) is 2.94. The lowest BCUT2D eigenvalue weighted by Gasteiger charge is -2.03. The zero-order valence-corrected chi connectivity index (χ0v) is 9.92. The van der Waals surface area contributed by atoms with Crippen molar-refractivity contribution in [3.63, 3.8) is 0 Å². The molecule has 0 bridgehead atoms. The maximum absolute atomic E-state index is 11.6. The van der Waals surface area contributed by atoms with Gasteiger partial charge in [-0.3, -0.25) is 4.79 Å². The van der Waals surface area contributed by atoms with E-state index in [2.05, 4.69) is 5.32 Å². The van der Waals surface area contributed by atoms with Gasteiger partial charge in [-0.2, -0.15) is 0 Å². The van der Waals surface area contributed by atoms with Crippen LogP contribution in [0.5, 0.6) is 5.75 Å². The van der Waals surface area contributed by atoms with E-state index in [4.69, 9.17) is 9.15 Å². The molecule has 0 aliphatic rings. The average molecular weight is 243 g/mol. The fourth-order valence-electron chi connectivity index (χ4n) is 1.40. The van der Waals surface area contributed by atoms with Crippen LogP contribution in [-0.4, -0.2) is 13.0 Å². The molecule has 1 amide bonds. The number of ether oxygens (including phenoxy) is 1. The number of anilines is 1. The summed E-state index contributed by atoms with van der Waals surface area (Å²) in [6, 6.07) is 10.7. The Bertz CT molecular complexity index is 527. The van der Waals surface area contributed by atoms with Crippen molar-refractivity contribution in [3.8, 4) is 5.75 Å². The first-order valence-electron chi connectivity index (χ1n) is 5.44. The zero-order valence-electron chi connectivity index (χ0n) is 9.92. The Morgan fingerprint density at radius 1 is 1.28 bits per heavy atom. The Morgan fingerprint density at radius 3 is 2.67 bits per heavy atom. The van der Waals surface area contributed by atoms with E-state index >= 15 is 0 Å². The van der Waals surface area contributed by atoms with Gasteiger partial charge >= 0.3 is 0 Å². The first-order valence-corrected chi connectivity index (χ1v) is 5.44. The van der Waals surface area contributed by atoms with Crippen molar-refractivity contribution in [2.45, 2.75) is 0 Å². The maximum Gasteiger partial charge on any atom is 0.248 e. The average Bonchev–Trinajstić information content (AvgIpc) is 2.90. The van der Waals surface area contributed by atoms with E-state index in [0.29, 0.717) is 11.4 Å². The number of furan rings is 1. The summed E-state index contributed by atoms with van der Waals surface area (Å²) in [5, 5.41) is 2.73. The van der Waals surface area contributed by atoms with Crippen molar-refractivity contribution in [2.24, 2.45) is 0 Å². The second-order valence-corrected chi connectivity index (χ2v) is 3.57. The topological polar surface area (TPSA) is 51.5 Å². The molecule has 2 rings (SSSR count). The molecule has 1 N–H and O–H groups in total. The molecule has 1 aromatic carbocycles. The van der Waals surface area contributed by atoms with Crippen LogP contribution in [0.2, 0.25) is 0 Å². The van der Waals surface area contributed by atoms with Gasteiger partial charge in [0.05, 0.1) is 13.4 Å². The molecular formula is C14H13NO3. The highest BCUT2D eigenvalue weighted by molar-refractivity contribution is 6.01. The van der Waals surface area contributed by atoms with Crippen LogP contribution in [0.4, 0.5) is 5.69 Å². The zero-order chi connectivity index (χ0) is 12.8. The summed E-state index contributed by atoms with van der Waals surface area (Å²) in [4.78, 5) is 11.6. The molecule has 0 atom stereocenters. The van der Waals surface area contributed by atoms with Crippen LogP contribution in [0, 0.1) is 0 Å². The first-order chi connectivity index (χ1) is 8.78.